The highest BCUT2D eigenvalue weighted by molar-refractivity contribution is 5.99. The van der Waals surface area contributed by atoms with Crippen LogP contribution < -0.4 is 21.8 Å². The molecule has 0 amide bonds. The van der Waals surface area contributed by atoms with Crippen molar-refractivity contribution in [3.05, 3.63) is 69.8 Å². The van der Waals surface area contributed by atoms with Crippen LogP contribution in [-0.2, 0) is 6.54 Å². The lowest BCUT2D eigenvalue weighted by atomic mass is 9.86. The number of nitrogens with zero attached hydrogens (tertiary/aromatic N) is 1. The molecule has 8 heteroatoms. The number of nitrogens with two attached hydrogens (primary N) is 1. The molecule has 1 heterocycles. The van der Waals surface area contributed by atoms with Crippen LogP contribution in [0.3, 0.4) is 0 Å². The lowest BCUT2D eigenvalue weighted by Crippen LogP contribution is -2.48. The number of hydrogen-bond acceptors (Lipinski definition) is 5. The first-order chi connectivity index (χ1) is 15.9. The summed E-state index contributed by atoms with van der Waals surface area (Å²) in [4.78, 5) is 24.1. The van der Waals surface area contributed by atoms with Crippen LogP contribution in [0, 0.1) is 5.82 Å². The average molecular weight is 451 g/mol. The van der Waals surface area contributed by atoms with Gasteiger partial charge >= 0.3 is 5.97 Å². The van der Waals surface area contributed by atoms with Gasteiger partial charge in [0.1, 0.15) is 5.56 Å². The number of benzene rings is 2. The molecule has 5 rings (SSSR count). The fourth-order valence-corrected chi connectivity index (χ4v) is 4.91. The summed E-state index contributed by atoms with van der Waals surface area (Å²) in [6.07, 6.45) is 4.17. The molecule has 0 saturated heterocycles. The van der Waals surface area contributed by atoms with E-state index in [0.29, 0.717) is 30.1 Å². The van der Waals surface area contributed by atoms with Crippen LogP contribution in [0.25, 0.3) is 10.9 Å². The number of halogens is 1. The molecule has 2 aromatic carbocycles. The number of pyridine rings is 1. The molecule has 0 bridgehead atoms. The van der Waals surface area contributed by atoms with Crippen molar-refractivity contribution < 1.29 is 14.3 Å². The second-order valence-corrected chi connectivity index (χ2v) is 9.04. The van der Waals surface area contributed by atoms with Gasteiger partial charge in [0.15, 0.2) is 5.82 Å². The van der Waals surface area contributed by atoms with Crippen molar-refractivity contribution in [2.45, 2.75) is 56.8 Å². The maximum Gasteiger partial charge on any atom is 0.341 e. The molecule has 33 heavy (non-hydrogen) atoms. The summed E-state index contributed by atoms with van der Waals surface area (Å²) >= 11 is 0. The standard InChI is InChI=1S/C25H27FN4O3/c1-2-30-12-17(25(32)33)24(31)21-20(30)11-19(22(26)23(21)27)29-15-8-14(9-15)28-18-10-16(18)13-6-4-3-5-7-13/h3-7,11-12,14-16,18,28-29H,2,8-10,27H2,1H3,(H,32,33)/t14-,15+,16-,18+/m0/s1. The number of hydrogen-bond donors (Lipinski definition) is 4. The largest absolute Gasteiger partial charge is 0.477 e. The molecule has 5 N–H and O–H groups in total. The number of nitrogen functional groups attached to an aromatic ring is 1. The van der Waals surface area contributed by atoms with Crippen molar-refractivity contribution in [3.63, 3.8) is 0 Å². The van der Waals surface area contributed by atoms with Gasteiger partial charge in [-0.3, -0.25) is 4.79 Å². The van der Waals surface area contributed by atoms with Crippen LogP contribution in [-0.4, -0.2) is 33.8 Å². The minimum atomic E-state index is -1.36. The molecule has 0 aliphatic heterocycles. The van der Waals surface area contributed by atoms with E-state index < -0.39 is 22.8 Å². The van der Waals surface area contributed by atoms with Crippen LogP contribution in [0.5, 0.6) is 0 Å². The van der Waals surface area contributed by atoms with E-state index >= 15 is 4.39 Å². The molecular weight excluding hydrogens is 423 g/mol. The van der Waals surface area contributed by atoms with E-state index in [1.165, 1.54) is 11.8 Å². The molecule has 3 aromatic rings. The van der Waals surface area contributed by atoms with Gasteiger partial charge in [0.2, 0.25) is 5.43 Å². The fourth-order valence-electron chi connectivity index (χ4n) is 4.91. The van der Waals surface area contributed by atoms with Crippen molar-refractivity contribution in [2.75, 3.05) is 11.1 Å². The molecule has 2 saturated carbocycles. The summed E-state index contributed by atoms with van der Waals surface area (Å²) in [5, 5.41) is 16.2. The highest BCUT2D eigenvalue weighted by atomic mass is 19.1. The Bertz CT molecular complexity index is 1280. The third kappa shape index (κ3) is 3.84. The maximum absolute atomic E-state index is 15.1. The Hall–Kier alpha value is -3.39. The second kappa shape index (κ2) is 8.19. The Morgan fingerprint density at radius 3 is 2.61 bits per heavy atom. The molecule has 7 nitrogen and oxygen atoms in total. The predicted molar refractivity (Wildman–Crippen MR) is 126 cm³/mol. The molecule has 0 radical (unpaired) electrons. The first kappa shape index (κ1) is 21.5. The number of anilines is 2. The average Bonchev–Trinajstić information content (AvgIpc) is 3.55. The first-order valence-electron chi connectivity index (χ1n) is 11.3. The van der Waals surface area contributed by atoms with Crippen molar-refractivity contribution in [1.29, 1.82) is 0 Å². The van der Waals surface area contributed by atoms with Crippen molar-refractivity contribution in [1.82, 2.24) is 9.88 Å². The summed E-state index contributed by atoms with van der Waals surface area (Å²) in [5.41, 5.74) is 6.51. The number of carbonyl (C=O) groups is 1. The van der Waals surface area contributed by atoms with Gasteiger partial charge in [-0.25, -0.2) is 9.18 Å². The van der Waals surface area contributed by atoms with Gasteiger partial charge in [0.05, 0.1) is 22.3 Å². The van der Waals surface area contributed by atoms with E-state index in [1.807, 2.05) is 13.0 Å². The van der Waals surface area contributed by atoms with Gasteiger partial charge in [0, 0.05) is 36.8 Å². The van der Waals surface area contributed by atoms with Crippen LogP contribution in [0.15, 0.2) is 47.4 Å². The van der Waals surface area contributed by atoms with Gasteiger partial charge < -0.3 is 26.0 Å². The zero-order chi connectivity index (χ0) is 23.3. The Morgan fingerprint density at radius 2 is 1.94 bits per heavy atom. The summed E-state index contributed by atoms with van der Waals surface area (Å²) in [7, 11) is 0. The van der Waals surface area contributed by atoms with E-state index in [-0.39, 0.29) is 22.8 Å². The Balaban J connectivity index is 1.29. The number of nitrogens with one attached hydrogen (secondary N) is 2. The van der Waals surface area contributed by atoms with Gasteiger partial charge in [-0.15, -0.1) is 0 Å². The Labute approximate surface area is 190 Å². The molecule has 0 unspecified atom stereocenters. The monoisotopic (exact) mass is 450 g/mol. The predicted octanol–water partition coefficient (Wildman–Crippen LogP) is 3.53. The quantitative estimate of drug-likeness (QED) is 0.410. The molecule has 172 valence electrons. The number of carboxylic acid groups (broad SMARTS) is 1. The number of carboxylic acids is 1. The lowest BCUT2D eigenvalue weighted by molar-refractivity contribution is 0.0695. The lowest BCUT2D eigenvalue weighted by Gasteiger charge is -2.37. The molecule has 2 aliphatic rings. The smallest absolute Gasteiger partial charge is 0.341 e. The topological polar surface area (TPSA) is 109 Å². The van der Waals surface area contributed by atoms with Crippen LogP contribution in [0.4, 0.5) is 15.8 Å². The first-order valence-corrected chi connectivity index (χ1v) is 11.3. The van der Waals surface area contributed by atoms with E-state index in [4.69, 9.17) is 5.73 Å². The van der Waals surface area contributed by atoms with E-state index in [1.54, 1.807) is 10.6 Å². The molecule has 1 aromatic heterocycles. The van der Waals surface area contributed by atoms with Crippen molar-refractivity contribution >= 4 is 28.2 Å². The van der Waals surface area contributed by atoms with E-state index in [9.17, 15) is 14.7 Å². The molecule has 2 aliphatic carbocycles. The normalized spacial score (nSPS) is 23.8. The van der Waals surface area contributed by atoms with Crippen molar-refractivity contribution in [3.8, 4) is 0 Å². The summed E-state index contributed by atoms with van der Waals surface area (Å²) < 4.78 is 16.7. The number of aromatic carboxylic acids is 1. The van der Waals surface area contributed by atoms with Gasteiger partial charge in [0.25, 0.3) is 0 Å². The fraction of sp³-hybridized carbons (Fsp3) is 0.360. The summed E-state index contributed by atoms with van der Waals surface area (Å²) in [6.45, 7) is 2.24. The number of aryl methyl sites for hydroxylation is 1. The maximum atomic E-state index is 15.1. The Morgan fingerprint density at radius 1 is 1.21 bits per heavy atom. The molecule has 0 spiro atoms. The summed E-state index contributed by atoms with van der Waals surface area (Å²) in [5.74, 6) is -1.51. The number of rotatable bonds is 7. The molecule has 2 atom stereocenters. The van der Waals surface area contributed by atoms with Crippen LogP contribution >= 0.6 is 0 Å². The number of fused-ring (bicyclic) bond motifs is 1. The Kier molecular flexibility index (Phi) is 5.32. The van der Waals surface area contributed by atoms with Crippen LogP contribution in [0.2, 0.25) is 0 Å². The van der Waals surface area contributed by atoms with Gasteiger partial charge in [-0.05, 0) is 37.8 Å². The van der Waals surface area contributed by atoms with E-state index in [0.717, 1.165) is 19.3 Å². The van der Waals surface area contributed by atoms with Gasteiger partial charge in [-0.2, -0.15) is 0 Å². The zero-order valence-corrected chi connectivity index (χ0v) is 18.3. The van der Waals surface area contributed by atoms with Crippen molar-refractivity contribution in [2.24, 2.45) is 0 Å². The summed E-state index contributed by atoms with van der Waals surface area (Å²) in [6, 6.07) is 13.0. The molecular formula is C25H27FN4O3. The third-order valence-electron chi connectivity index (χ3n) is 6.88. The second-order valence-electron chi connectivity index (χ2n) is 9.04. The number of aromatic nitrogens is 1. The highest BCUT2D eigenvalue weighted by Gasteiger charge is 2.42. The minimum absolute atomic E-state index is 0.0892. The SMILES string of the molecule is CCn1cc(C(=O)O)c(=O)c2c(N)c(F)c(N[C@H]3C[C@@H](N[C@@H]4C[C@H]4c4ccccc4)C3)cc21. The van der Waals surface area contributed by atoms with E-state index in [2.05, 4.69) is 34.9 Å². The van der Waals surface area contributed by atoms with Crippen LogP contribution in [0.1, 0.15) is 48.0 Å². The van der Waals surface area contributed by atoms with Gasteiger partial charge in [-0.1, -0.05) is 30.3 Å². The molecule has 2 fully saturated rings. The zero-order valence-electron chi connectivity index (χ0n) is 18.3. The third-order valence-corrected chi connectivity index (χ3v) is 6.88. The minimum Gasteiger partial charge on any atom is -0.477 e. The highest BCUT2D eigenvalue weighted by Crippen LogP contribution is 2.42.